The Labute approximate surface area is 366 Å². The first-order valence-electron chi connectivity index (χ1n) is 23.3. The number of benzene rings is 1. The van der Waals surface area contributed by atoms with Gasteiger partial charge >= 0.3 is 11.9 Å². The number of rotatable bonds is 18. The summed E-state index contributed by atoms with van der Waals surface area (Å²) in [6.07, 6.45) is -1.12. The van der Waals surface area contributed by atoms with Gasteiger partial charge in [0.05, 0.1) is 36.4 Å². The van der Waals surface area contributed by atoms with Crippen LogP contribution in [0.1, 0.15) is 120 Å². The molecule has 0 N–H and O–H groups in total. The van der Waals surface area contributed by atoms with Gasteiger partial charge in [-0.25, -0.2) is 4.79 Å². The molecule has 9 atom stereocenters. The second kappa shape index (κ2) is 19.2. The van der Waals surface area contributed by atoms with Crippen molar-refractivity contribution in [2.45, 2.75) is 207 Å². The molecule has 0 aromatic heterocycles. The van der Waals surface area contributed by atoms with E-state index in [0.717, 1.165) is 53.8 Å². The van der Waals surface area contributed by atoms with E-state index in [9.17, 15) is 9.59 Å². The molecule has 340 valence electrons. The topological polar surface area (TPSA) is 108 Å². The quantitative estimate of drug-likeness (QED) is 0.0803. The summed E-state index contributed by atoms with van der Waals surface area (Å²) in [6.45, 7) is 33.3. The molecule has 2 saturated carbocycles. The molecule has 10 nitrogen and oxygen atoms in total. The lowest BCUT2D eigenvalue weighted by atomic mass is 9.48. The van der Waals surface area contributed by atoms with E-state index < -0.39 is 90.2 Å². The van der Waals surface area contributed by atoms with Crippen molar-refractivity contribution < 1.29 is 46.6 Å². The molecular formula is C47H80O10Si3. The summed E-state index contributed by atoms with van der Waals surface area (Å²) in [4.78, 5) is 27.8. The summed E-state index contributed by atoms with van der Waals surface area (Å²) >= 11 is 0. The number of carbonyl (C=O) groups is 2. The number of hydrogen-bond donors (Lipinski definition) is 0. The van der Waals surface area contributed by atoms with Gasteiger partial charge in [-0.3, -0.25) is 4.79 Å². The van der Waals surface area contributed by atoms with E-state index in [1.807, 2.05) is 32.0 Å². The van der Waals surface area contributed by atoms with Crippen LogP contribution in [0, 0.1) is 16.7 Å². The summed E-state index contributed by atoms with van der Waals surface area (Å²) < 4.78 is 56.1. The predicted octanol–water partition coefficient (Wildman–Crippen LogP) is 10.4. The number of hydrogen-bond acceptors (Lipinski definition) is 10. The highest BCUT2D eigenvalue weighted by atomic mass is 28.4. The molecule has 8 unspecified atom stereocenters. The minimum absolute atomic E-state index is 0.193. The lowest BCUT2D eigenvalue weighted by Gasteiger charge is -2.67. The van der Waals surface area contributed by atoms with Crippen molar-refractivity contribution in [2.75, 3.05) is 13.2 Å². The van der Waals surface area contributed by atoms with Crippen LogP contribution in [0.2, 0.25) is 49.4 Å². The first-order valence-corrected chi connectivity index (χ1v) is 31.1. The van der Waals surface area contributed by atoms with Crippen LogP contribution in [0.25, 0.3) is 0 Å². The molecule has 60 heavy (non-hydrogen) atoms. The fourth-order valence-electron chi connectivity index (χ4n) is 11.5. The van der Waals surface area contributed by atoms with Crippen molar-refractivity contribution in [1.29, 1.82) is 0 Å². The Kier molecular flexibility index (Phi) is 15.8. The third-order valence-corrected chi connectivity index (χ3v) is 25.4. The second-order valence-corrected chi connectivity index (χ2v) is 31.7. The van der Waals surface area contributed by atoms with E-state index >= 15 is 0 Å². The van der Waals surface area contributed by atoms with Crippen molar-refractivity contribution in [2.24, 2.45) is 16.7 Å². The molecule has 4 fully saturated rings. The largest absolute Gasteiger partial charge is 0.458 e. The van der Waals surface area contributed by atoms with E-state index in [-0.39, 0.29) is 18.8 Å². The Morgan fingerprint density at radius 2 is 1.47 bits per heavy atom. The molecule has 4 aliphatic rings. The number of esters is 2. The Morgan fingerprint density at radius 1 is 0.867 bits per heavy atom. The van der Waals surface area contributed by atoms with Crippen molar-refractivity contribution >= 4 is 37.6 Å². The van der Waals surface area contributed by atoms with Gasteiger partial charge in [-0.2, -0.15) is 0 Å². The molecule has 2 saturated heterocycles. The molecule has 0 amide bonds. The van der Waals surface area contributed by atoms with Gasteiger partial charge in [0, 0.05) is 25.4 Å². The molecule has 0 bridgehead atoms. The van der Waals surface area contributed by atoms with Gasteiger partial charge in [-0.15, -0.1) is 0 Å². The molecular weight excluding hydrogens is 809 g/mol. The van der Waals surface area contributed by atoms with E-state index in [1.165, 1.54) is 6.92 Å². The summed E-state index contributed by atoms with van der Waals surface area (Å²) in [5, 5.41) is 0. The zero-order valence-electron chi connectivity index (χ0n) is 39.9. The molecule has 13 heteroatoms. The smallest absolute Gasteiger partial charge is 0.338 e. The number of carbonyl (C=O) groups excluding carboxylic acids is 2. The molecule has 1 aromatic rings. The van der Waals surface area contributed by atoms with E-state index in [0.29, 0.717) is 25.0 Å². The van der Waals surface area contributed by atoms with Gasteiger partial charge < -0.3 is 37.0 Å². The lowest BCUT2D eigenvalue weighted by Crippen LogP contribution is -2.79. The summed E-state index contributed by atoms with van der Waals surface area (Å²) in [7, 11) is -5.68. The highest BCUT2D eigenvalue weighted by Crippen LogP contribution is 2.65. The first-order chi connectivity index (χ1) is 28.2. The number of ether oxygens (including phenoxy) is 5. The Balaban J connectivity index is 1.84. The standard InChI is InChI=1S/C47H80O10Si3/c1-16-59(17-2,18-3)56-35(27-28-51-58(14)15)32(7)39-40-42(55-45(11,12)54-40)46(13)37(57-60(19-4,20-5)21-6)29-38-47(31-50-38,53-33(8)48)41(46)36(30-44(39,9)10)52-43(49)34-25-23-22-24-26-34/h22-26,35-38,40-42,58H,16-21,27-31H2,1-15H3/b39-32-/t35?,36?,37?,38?,40?,41?,42?,46-,47?/m1/s1. The molecule has 2 aliphatic heterocycles. The zero-order valence-corrected chi connectivity index (χ0v) is 43.0. The van der Waals surface area contributed by atoms with Crippen LogP contribution in [0.3, 0.4) is 0 Å². The fraction of sp³-hybridized carbons (Fsp3) is 0.787. The number of fused-ring (bicyclic) bond motifs is 5. The zero-order chi connectivity index (χ0) is 44.5. The molecule has 2 aliphatic carbocycles. The lowest BCUT2D eigenvalue weighted by molar-refractivity contribution is -0.347. The van der Waals surface area contributed by atoms with Gasteiger partial charge in [0.2, 0.25) is 0 Å². The SMILES string of the molecule is CC[Si](CC)(CC)OC(CCO[SiH](C)C)/C(C)=C1/C2OC(C)(C)OC2[C@]2(C)C(O[Si](CC)(CC)CC)CC3OCC3(OC(C)=O)C2C(OC(=O)c2ccccc2)CC1(C)C. The molecule has 0 radical (unpaired) electrons. The highest BCUT2D eigenvalue weighted by molar-refractivity contribution is 6.74. The average Bonchev–Trinajstić information content (AvgIpc) is 3.52. The first kappa shape index (κ1) is 49.3. The second-order valence-electron chi connectivity index (χ2n) is 19.8. The average molecular weight is 889 g/mol. The summed E-state index contributed by atoms with van der Waals surface area (Å²) in [5.41, 5.74) is 0.154. The van der Waals surface area contributed by atoms with Gasteiger partial charge in [0.1, 0.15) is 18.3 Å². The van der Waals surface area contributed by atoms with Crippen molar-refractivity contribution in [1.82, 2.24) is 0 Å². The maximum Gasteiger partial charge on any atom is 0.338 e. The Bertz CT molecular complexity index is 1640. The fourth-order valence-corrected chi connectivity index (χ4v) is 18.0. The summed E-state index contributed by atoms with van der Waals surface area (Å²) in [6, 6.07) is 15.1. The van der Waals surface area contributed by atoms with Gasteiger partial charge in [-0.1, -0.05) is 80.5 Å². The maximum absolute atomic E-state index is 14.5. The molecule has 5 rings (SSSR count). The molecule has 2 heterocycles. The predicted molar refractivity (Wildman–Crippen MR) is 245 cm³/mol. The van der Waals surface area contributed by atoms with E-state index in [4.69, 9.17) is 37.0 Å². The van der Waals surface area contributed by atoms with Gasteiger partial charge in [0.15, 0.2) is 37.1 Å². The minimum atomic E-state index is -2.28. The van der Waals surface area contributed by atoms with Crippen molar-refractivity contribution in [3.05, 3.63) is 47.0 Å². The van der Waals surface area contributed by atoms with E-state index in [2.05, 4.69) is 82.3 Å². The van der Waals surface area contributed by atoms with Gasteiger partial charge in [-0.05, 0) is 112 Å². The highest BCUT2D eigenvalue weighted by Gasteiger charge is 2.76. The van der Waals surface area contributed by atoms with Crippen LogP contribution in [-0.2, 0) is 41.8 Å². The van der Waals surface area contributed by atoms with E-state index in [1.54, 1.807) is 12.1 Å². The van der Waals surface area contributed by atoms with Gasteiger partial charge in [0.25, 0.3) is 0 Å². The van der Waals surface area contributed by atoms with Crippen LogP contribution in [0.4, 0.5) is 0 Å². The van der Waals surface area contributed by atoms with Crippen molar-refractivity contribution in [3.63, 3.8) is 0 Å². The normalized spacial score (nSPS) is 32.4. The third kappa shape index (κ3) is 9.55. The van der Waals surface area contributed by atoms with Crippen LogP contribution < -0.4 is 0 Å². The molecule has 1 aromatic carbocycles. The monoisotopic (exact) mass is 889 g/mol. The van der Waals surface area contributed by atoms with Crippen molar-refractivity contribution in [3.8, 4) is 0 Å². The Morgan fingerprint density at radius 3 is 1.98 bits per heavy atom. The van der Waals surface area contributed by atoms with Crippen LogP contribution in [0.15, 0.2) is 41.5 Å². The molecule has 0 spiro atoms. The minimum Gasteiger partial charge on any atom is -0.458 e. The third-order valence-electron chi connectivity index (χ3n) is 15.2. The summed E-state index contributed by atoms with van der Waals surface area (Å²) in [5.74, 6) is -2.33. The van der Waals surface area contributed by atoms with Crippen LogP contribution in [0.5, 0.6) is 0 Å². The van der Waals surface area contributed by atoms with Crippen LogP contribution in [-0.4, -0.2) is 98.8 Å². The van der Waals surface area contributed by atoms with Crippen LogP contribution >= 0.6 is 0 Å². The Hall–Kier alpha value is -1.69. The maximum atomic E-state index is 14.5.